The van der Waals surface area contributed by atoms with Gasteiger partial charge in [0.1, 0.15) is 11.9 Å². The van der Waals surface area contributed by atoms with E-state index in [1.54, 1.807) is 0 Å². The van der Waals surface area contributed by atoms with Gasteiger partial charge in [-0.3, -0.25) is 0 Å². The van der Waals surface area contributed by atoms with Crippen molar-refractivity contribution in [1.82, 2.24) is 0 Å². The van der Waals surface area contributed by atoms with Crippen LogP contribution in [0.3, 0.4) is 0 Å². The maximum atomic E-state index is 10.6. The summed E-state index contributed by atoms with van der Waals surface area (Å²) in [6.07, 6.45) is 1.47. The lowest BCUT2D eigenvalue weighted by Gasteiger charge is -2.23. The molecule has 2 heteroatoms. The second-order valence-corrected chi connectivity index (χ2v) is 5.10. The number of aryl methyl sites for hydroxylation is 2. The second kappa shape index (κ2) is 5.06. The molecule has 0 aliphatic carbocycles. The molecule has 0 fully saturated rings. The van der Waals surface area contributed by atoms with Gasteiger partial charge in [0.2, 0.25) is 0 Å². The predicted molar refractivity (Wildman–Crippen MR) is 75.5 cm³/mol. The summed E-state index contributed by atoms with van der Waals surface area (Å²) in [7, 11) is 0. The first kappa shape index (κ1) is 12.2. The van der Waals surface area contributed by atoms with E-state index in [1.807, 2.05) is 43.3 Å². The van der Waals surface area contributed by atoms with Gasteiger partial charge in [0, 0.05) is 5.56 Å². The van der Waals surface area contributed by atoms with Crippen LogP contribution in [0.4, 0.5) is 0 Å². The van der Waals surface area contributed by atoms with Crippen LogP contribution in [-0.2, 0) is 6.42 Å². The number of ether oxygens (including phenoxy) is 1. The normalized spacial score (nSPS) is 15.5. The van der Waals surface area contributed by atoms with Crippen LogP contribution in [0, 0.1) is 6.92 Å². The van der Waals surface area contributed by atoms with Crippen LogP contribution in [0.25, 0.3) is 0 Å². The molecule has 0 radical (unpaired) electrons. The van der Waals surface area contributed by atoms with Gasteiger partial charge in [-0.2, -0.15) is 0 Å². The molecule has 3 rings (SSSR count). The van der Waals surface area contributed by atoms with Crippen LogP contribution in [0.2, 0.25) is 0 Å². The zero-order valence-electron chi connectivity index (χ0n) is 11.1. The fourth-order valence-electron chi connectivity index (χ4n) is 2.65. The van der Waals surface area contributed by atoms with E-state index in [4.69, 9.17) is 4.74 Å². The maximum absolute atomic E-state index is 10.6. The zero-order valence-corrected chi connectivity index (χ0v) is 11.1. The average molecular weight is 254 g/mol. The number of aliphatic hydroxyl groups excluding tert-OH is 1. The lowest BCUT2D eigenvalue weighted by atomic mass is 9.95. The molecule has 2 nitrogen and oxygen atoms in total. The van der Waals surface area contributed by atoms with Crippen molar-refractivity contribution in [3.8, 4) is 5.75 Å². The van der Waals surface area contributed by atoms with Crippen LogP contribution in [0.1, 0.15) is 34.8 Å². The molecule has 0 amide bonds. The molecule has 0 aromatic heterocycles. The molecule has 1 aliphatic rings. The average Bonchev–Trinajstić information content (AvgIpc) is 2.46. The van der Waals surface area contributed by atoms with Gasteiger partial charge in [-0.1, -0.05) is 48.0 Å². The van der Waals surface area contributed by atoms with Crippen molar-refractivity contribution in [2.75, 3.05) is 6.61 Å². The second-order valence-electron chi connectivity index (χ2n) is 5.10. The number of rotatable bonds is 2. The number of hydrogen-bond acceptors (Lipinski definition) is 2. The Labute approximate surface area is 113 Å². The van der Waals surface area contributed by atoms with Crippen LogP contribution in [-0.4, -0.2) is 11.7 Å². The standard InChI is InChI=1S/C17H18O2/c1-12-5-2-7-14(11-12)16(18)15-9-3-6-13-8-4-10-19-17(13)15/h2-3,5-7,9,11,16,18H,4,8,10H2,1H3. The van der Waals surface area contributed by atoms with E-state index in [0.29, 0.717) is 0 Å². The lowest BCUT2D eigenvalue weighted by Crippen LogP contribution is -2.12. The van der Waals surface area contributed by atoms with Gasteiger partial charge in [0.05, 0.1) is 6.61 Å². The largest absolute Gasteiger partial charge is 0.493 e. The summed E-state index contributed by atoms with van der Waals surface area (Å²) in [5.41, 5.74) is 4.16. The van der Waals surface area contributed by atoms with E-state index < -0.39 is 6.10 Å². The molecule has 1 N–H and O–H groups in total. The van der Waals surface area contributed by atoms with Gasteiger partial charge in [-0.25, -0.2) is 0 Å². The molecule has 1 unspecified atom stereocenters. The van der Waals surface area contributed by atoms with Crippen molar-refractivity contribution in [2.45, 2.75) is 25.9 Å². The zero-order chi connectivity index (χ0) is 13.2. The maximum Gasteiger partial charge on any atom is 0.128 e. The highest BCUT2D eigenvalue weighted by Gasteiger charge is 2.20. The monoisotopic (exact) mass is 254 g/mol. The van der Waals surface area contributed by atoms with E-state index in [2.05, 4.69) is 6.07 Å². The SMILES string of the molecule is Cc1cccc(C(O)c2cccc3c2OCCC3)c1. The number of hydrogen-bond donors (Lipinski definition) is 1. The highest BCUT2D eigenvalue weighted by atomic mass is 16.5. The molecule has 0 saturated heterocycles. The first-order valence-corrected chi connectivity index (χ1v) is 6.75. The van der Waals surface area contributed by atoms with Gasteiger partial charge in [-0.05, 0) is 30.9 Å². The minimum atomic E-state index is -0.618. The lowest BCUT2D eigenvalue weighted by molar-refractivity contribution is 0.206. The third-order valence-electron chi connectivity index (χ3n) is 3.62. The highest BCUT2D eigenvalue weighted by molar-refractivity contribution is 5.47. The quantitative estimate of drug-likeness (QED) is 0.890. The van der Waals surface area contributed by atoms with Crippen molar-refractivity contribution >= 4 is 0 Å². The third kappa shape index (κ3) is 2.36. The molecule has 0 spiro atoms. The summed E-state index contributed by atoms with van der Waals surface area (Å²) in [5, 5.41) is 10.6. The molecule has 19 heavy (non-hydrogen) atoms. The first-order chi connectivity index (χ1) is 9.25. The molecular formula is C17H18O2. The molecule has 98 valence electrons. The summed E-state index contributed by atoms with van der Waals surface area (Å²) < 4.78 is 5.77. The van der Waals surface area contributed by atoms with Gasteiger partial charge in [-0.15, -0.1) is 0 Å². The molecule has 2 aromatic rings. The smallest absolute Gasteiger partial charge is 0.128 e. The summed E-state index contributed by atoms with van der Waals surface area (Å²) in [5.74, 6) is 0.878. The summed E-state index contributed by atoms with van der Waals surface area (Å²) in [6, 6.07) is 14.0. The van der Waals surface area contributed by atoms with E-state index in [-0.39, 0.29) is 0 Å². The van der Waals surface area contributed by atoms with E-state index in [9.17, 15) is 5.11 Å². The summed E-state index contributed by atoms with van der Waals surface area (Å²) in [4.78, 5) is 0. The fourth-order valence-corrected chi connectivity index (χ4v) is 2.65. The number of benzene rings is 2. The van der Waals surface area contributed by atoms with E-state index in [0.717, 1.165) is 41.9 Å². The fraction of sp³-hybridized carbons (Fsp3) is 0.294. The third-order valence-corrected chi connectivity index (χ3v) is 3.62. The van der Waals surface area contributed by atoms with Crippen LogP contribution >= 0.6 is 0 Å². The van der Waals surface area contributed by atoms with Gasteiger partial charge in [0.15, 0.2) is 0 Å². The highest BCUT2D eigenvalue weighted by Crippen LogP contribution is 2.35. The van der Waals surface area contributed by atoms with Crippen molar-refractivity contribution in [3.05, 3.63) is 64.7 Å². The number of fused-ring (bicyclic) bond motifs is 1. The first-order valence-electron chi connectivity index (χ1n) is 6.75. The van der Waals surface area contributed by atoms with Crippen molar-refractivity contribution < 1.29 is 9.84 Å². The number of aliphatic hydroxyl groups is 1. The Hall–Kier alpha value is -1.80. The Balaban J connectivity index is 2.02. The Morgan fingerprint density at radius 1 is 1.16 bits per heavy atom. The topological polar surface area (TPSA) is 29.5 Å². The minimum absolute atomic E-state index is 0.618. The predicted octanol–water partition coefficient (Wildman–Crippen LogP) is 3.40. The molecule has 1 atom stereocenters. The van der Waals surface area contributed by atoms with E-state index in [1.165, 1.54) is 5.56 Å². The van der Waals surface area contributed by atoms with Crippen LogP contribution in [0.5, 0.6) is 5.75 Å². The summed E-state index contributed by atoms with van der Waals surface area (Å²) in [6.45, 7) is 2.78. The Bertz CT molecular complexity index is 590. The molecule has 0 saturated carbocycles. The molecule has 1 aliphatic heterocycles. The van der Waals surface area contributed by atoms with Crippen LogP contribution < -0.4 is 4.74 Å². The van der Waals surface area contributed by atoms with Crippen LogP contribution in [0.15, 0.2) is 42.5 Å². The molecular weight excluding hydrogens is 236 g/mol. The van der Waals surface area contributed by atoms with Crippen molar-refractivity contribution in [2.24, 2.45) is 0 Å². The van der Waals surface area contributed by atoms with Gasteiger partial charge < -0.3 is 9.84 Å². The molecule has 0 bridgehead atoms. The molecule has 2 aromatic carbocycles. The van der Waals surface area contributed by atoms with E-state index >= 15 is 0 Å². The van der Waals surface area contributed by atoms with Gasteiger partial charge >= 0.3 is 0 Å². The summed E-state index contributed by atoms with van der Waals surface area (Å²) >= 11 is 0. The Kier molecular flexibility index (Phi) is 3.26. The minimum Gasteiger partial charge on any atom is -0.493 e. The number of para-hydroxylation sites is 1. The Morgan fingerprint density at radius 2 is 2.00 bits per heavy atom. The van der Waals surface area contributed by atoms with Crippen molar-refractivity contribution in [1.29, 1.82) is 0 Å². The van der Waals surface area contributed by atoms with Gasteiger partial charge in [0.25, 0.3) is 0 Å². The molecule has 1 heterocycles. The van der Waals surface area contributed by atoms with Crippen molar-refractivity contribution in [3.63, 3.8) is 0 Å². The Morgan fingerprint density at radius 3 is 2.84 bits per heavy atom.